The first-order chi connectivity index (χ1) is 9.91. The Kier molecular flexibility index (Phi) is 4.83. The molecule has 2 atom stereocenters. The normalized spacial score (nSPS) is 25.9. The highest BCUT2D eigenvalue weighted by molar-refractivity contribution is 7.12. The molecule has 1 saturated carbocycles. The highest BCUT2D eigenvalue weighted by Gasteiger charge is 2.43. The Morgan fingerprint density at radius 3 is 2.81 bits per heavy atom. The van der Waals surface area contributed by atoms with Crippen molar-refractivity contribution in [3.8, 4) is 0 Å². The van der Waals surface area contributed by atoms with Crippen LogP contribution in [0, 0.1) is 12.3 Å². The second-order valence-corrected chi connectivity index (χ2v) is 7.13. The minimum Gasteiger partial charge on any atom is -0.481 e. The summed E-state index contributed by atoms with van der Waals surface area (Å²) < 4.78 is 0. The number of carbonyl (C=O) groups is 2. The first-order valence-electron chi connectivity index (χ1n) is 7.20. The molecular weight excluding hydrogens is 286 g/mol. The number of thiophene rings is 1. The number of hydrogen-bond donors (Lipinski definition) is 2. The van der Waals surface area contributed by atoms with Crippen LogP contribution in [0.15, 0.2) is 18.2 Å². The van der Waals surface area contributed by atoms with E-state index < -0.39 is 11.4 Å². The zero-order valence-electron chi connectivity index (χ0n) is 12.4. The highest BCUT2D eigenvalue weighted by atomic mass is 32.1. The smallest absolute Gasteiger partial charge is 0.311 e. The van der Waals surface area contributed by atoms with Crippen LogP contribution in [-0.2, 0) is 9.59 Å². The van der Waals surface area contributed by atoms with Gasteiger partial charge in [-0.15, -0.1) is 11.3 Å². The molecule has 114 valence electrons. The molecule has 1 aliphatic rings. The Morgan fingerprint density at radius 1 is 1.43 bits per heavy atom. The van der Waals surface area contributed by atoms with Crippen LogP contribution in [0.5, 0.6) is 0 Å². The van der Waals surface area contributed by atoms with Gasteiger partial charge in [0, 0.05) is 21.9 Å². The van der Waals surface area contributed by atoms with Crippen molar-refractivity contribution in [2.45, 2.75) is 45.6 Å². The molecule has 1 heterocycles. The van der Waals surface area contributed by atoms with Crippen molar-refractivity contribution >= 4 is 29.3 Å². The summed E-state index contributed by atoms with van der Waals surface area (Å²) in [5.74, 6) is -1.05. The fraction of sp³-hybridized carbons (Fsp3) is 0.500. The van der Waals surface area contributed by atoms with Crippen LogP contribution in [0.25, 0.3) is 6.08 Å². The second-order valence-electron chi connectivity index (χ2n) is 5.81. The lowest BCUT2D eigenvalue weighted by atomic mass is 9.71. The van der Waals surface area contributed by atoms with E-state index in [4.69, 9.17) is 0 Å². The van der Waals surface area contributed by atoms with Gasteiger partial charge in [-0.2, -0.15) is 0 Å². The minimum absolute atomic E-state index is 0.222. The van der Waals surface area contributed by atoms with Gasteiger partial charge in [0.25, 0.3) is 0 Å². The maximum atomic E-state index is 12.0. The van der Waals surface area contributed by atoms with Crippen molar-refractivity contribution in [3.63, 3.8) is 0 Å². The maximum Gasteiger partial charge on any atom is 0.311 e. The number of nitrogens with one attached hydrogen (secondary N) is 1. The number of carboxylic acids is 1. The Labute approximate surface area is 128 Å². The standard InChI is InChI=1S/C16H21NO3S/c1-11-6-7-12(21-11)8-9-14(18)17-13-5-3-4-10-16(13,2)15(19)20/h6-9,13H,3-5,10H2,1-2H3,(H,17,18)(H,19,20)/b9-8+. The zero-order valence-corrected chi connectivity index (χ0v) is 13.2. The van der Waals surface area contributed by atoms with Gasteiger partial charge in [0.2, 0.25) is 5.91 Å². The van der Waals surface area contributed by atoms with E-state index in [9.17, 15) is 14.7 Å². The topological polar surface area (TPSA) is 66.4 Å². The number of hydrogen-bond acceptors (Lipinski definition) is 3. The van der Waals surface area contributed by atoms with Crippen molar-refractivity contribution in [2.24, 2.45) is 5.41 Å². The van der Waals surface area contributed by atoms with E-state index in [1.54, 1.807) is 24.3 Å². The van der Waals surface area contributed by atoms with Gasteiger partial charge < -0.3 is 10.4 Å². The van der Waals surface area contributed by atoms with Gasteiger partial charge in [0.05, 0.1) is 5.41 Å². The number of rotatable bonds is 4. The lowest BCUT2D eigenvalue weighted by molar-refractivity contribution is -0.151. The van der Waals surface area contributed by atoms with Gasteiger partial charge in [0.15, 0.2) is 0 Å². The van der Waals surface area contributed by atoms with Gasteiger partial charge in [0.1, 0.15) is 0 Å². The van der Waals surface area contributed by atoms with Gasteiger partial charge in [-0.1, -0.05) is 12.8 Å². The highest BCUT2D eigenvalue weighted by Crippen LogP contribution is 2.36. The Hall–Kier alpha value is -1.62. The molecule has 1 aromatic heterocycles. The van der Waals surface area contributed by atoms with Crippen LogP contribution in [0.4, 0.5) is 0 Å². The van der Waals surface area contributed by atoms with E-state index in [1.807, 2.05) is 19.1 Å². The Morgan fingerprint density at radius 2 is 2.19 bits per heavy atom. The molecule has 1 amide bonds. The van der Waals surface area contributed by atoms with Crippen molar-refractivity contribution in [2.75, 3.05) is 0 Å². The zero-order chi connectivity index (χ0) is 15.5. The number of carboxylic acid groups (broad SMARTS) is 1. The third kappa shape index (κ3) is 3.73. The summed E-state index contributed by atoms with van der Waals surface area (Å²) in [7, 11) is 0. The molecule has 0 saturated heterocycles. The van der Waals surface area contributed by atoms with Gasteiger partial charge in [-0.05, 0) is 44.9 Å². The summed E-state index contributed by atoms with van der Waals surface area (Å²) in [4.78, 5) is 25.7. The number of carbonyl (C=O) groups excluding carboxylic acids is 1. The molecule has 21 heavy (non-hydrogen) atoms. The third-order valence-corrected chi connectivity index (χ3v) is 5.14. The SMILES string of the molecule is Cc1ccc(/C=C/C(=O)NC2CCCCC2(C)C(=O)O)s1. The molecule has 0 spiro atoms. The lowest BCUT2D eigenvalue weighted by Crippen LogP contribution is -2.51. The summed E-state index contributed by atoms with van der Waals surface area (Å²) in [6.45, 7) is 3.74. The first kappa shape index (κ1) is 15.8. The molecule has 1 fully saturated rings. The van der Waals surface area contributed by atoms with E-state index in [0.717, 1.165) is 24.1 Å². The summed E-state index contributed by atoms with van der Waals surface area (Å²) >= 11 is 1.62. The van der Waals surface area contributed by atoms with E-state index in [1.165, 1.54) is 11.0 Å². The summed E-state index contributed by atoms with van der Waals surface area (Å²) in [5.41, 5.74) is -0.860. The molecule has 0 aromatic carbocycles. The largest absolute Gasteiger partial charge is 0.481 e. The molecule has 4 nitrogen and oxygen atoms in total. The molecule has 2 unspecified atom stereocenters. The molecule has 1 aliphatic carbocycles. The summed E-state index contributed by atoms with van der Waals surface area (Å²) in [6, 6.07) is 3.67. The van der Waals surface area contributed by atoms with Crippen LogP contribution in [0.2, 0.25) is 0 Å². The third-order valence-electron chi connectivity index (χ3n) is 4.17. The lowest BCUT2D eigenvalue weighted by Gasteiger charge is -2.38. The van der Waals surface area contributed by atoms with Gasteiger partial charge in [-0.3, -0.25) is 9.59 Å². The van der Waals surface area contributed by atoms with Crippen molar-refractivity contribution < 1.29 is 14.7 Å². The van der Waals surface area contributed by atoms with E-state index >= 15 is 0 Å². The molecule has 2 N–H and O–H groups in total. The van der Waals surface area contributed by atoms with Crippen LogP contribution in [0.3, 0.4) is 0 Å². The van der Waals surface area contributed by atoms with Crippen molar-refractivity contribution in [3.05, 3.63) is 28.0 Å². The van der Waals surface area contributed by atoms with Gasteiger partial charge in [-0.25, -0.2) is 0 Å². The van der Waals surface area contributed by atoms with E-state index in [0.29, 0.717) is 6.42 Å². The molecule has 5 heteroatoms. The van der Waals surface area contributed by atoms with E-state index in [2.05, 4.69) is 5.32 Å². The Balaban J connectivity index is 2.00. The fourth-order valence-corrected chi connectivity index (χ4v) is 3.52. The summed E-state index contributed by atoms with van der Waals surface area (Å²) in [5, 5.41) is 12.3. The van der Waals surface area contributed by atoms with Crippen LogP contribution in [-0.4, -0.2) is 23.0 Å². The number of amides is 1. The molecule has 0 aliphatic heterocycles. The monoisotopic (exact) mass is 307 g/mol. The number of aliphatic carboxylic acids is 1. The number of aryl methyl sites for hydroxylation is 1. The maximum absolute atomic E-state index is 12.0. The van der Waals surface area contributed by atoms with Crippen molar-refractivity contribution in [1.29, 1.82) is 0 Å². The summed E-state index contributed by atoms with van der Waals surface area (Å²) in [6.07, 6.45) is 6.46. The van der Waals surface area contributed by atoms with Crippen LogP contribution < -0.4 is 5.32 Å². The first-order valence-corrected chi connectivity index (χ1v) is 8.02. The quantitative estimate of drug-likeness (QED) is 0.839. The minimum atomic E-state index is -0.860. The second kappa shape index (κ2) is 6.43. The predicted octanol–water partition coefficient (Wildman–Crippen LogP) is 3.22. The predicted molar refractivity (Wildman–Crippen MR) is 84.2 cm³/mol. The average molecular weight is 307 g/mol. The fourth-order valence-electron chi connectivity index (χ4n) is 2.74. The molecule has 0 radical (unpaired) electrons. The van der Waals surface area contributed by atoms with Gasteiger partial charge >= 0.3 is 5.97 Å². The molecule has 2 rings (SSSR count). The molecular formula is C16H21NO3S. The van der Waals surface area contributed by atoms with Crippen molar-refractivity contribution in [1.82, 2.24) is 5.32 Å². The Bertz CT molecular complexity index is 564. The molecule has 0 bridgehead atoms. The van der Waals surface area contributed by atoms with Crippen LogP contribution >= 0.6 is 11.3 Å². The van der Waals surface area contributed by atoms with E-state index in [-0.39, 0.29) is 11.9 Å². The molecule has 1 aromatic rings. The average Bonchev–Trinajstić information content (AvgIpc) is 2.85. The van der Waals surface area contributed by atoms with Crippen LogP contribution in [0.1, 0.15) is 42.4 Å².